The maximum absolute atomic E-state index is 12.4. The molecule has 200 valence electrons. The number of nitrogens with zero attached hydrogens (tertiary/aromatic N) is 2. The first-order valence-corrected chi connectivity index (χ1v) is 15.7. The standard InChI is InChI=1S/C18H17N3O12S4/c19-11-1-3-13-10(7-11)8-16(37(31,32)33)17(18(13)22)21-20-14-4-2-12(9-15(14)36(28,29)30)34(23,24)5-6-35(25,26)27/h1-4,7-9,22H,5-6,19H2,(H,25,26,27)(H,28,29,30)(H,31,32,33). The molecule has 0 amide bonds. The van der Waals surface area contributed by atoms with Gasteiger partial charge in [0.2, 0.25) is 0 Å². The molecule has 0 radical (unpaired) electrons. The second kappa shape index (κ2) is 9.59. The van der Waals surface area contributed by atoms with Crippen LogP contribution < -0.4 is 5.73 Å². The highest BCUT2D eigenvalue weighted by Gasteiger charge is 2.25. The fraction of sp³-hybridized carbons (Fsp3) is 0.111. The van der Waals surface area contributed by atoms with Gasteiger partial charge in [0.15, 0.2) is 15.6 Å². The van der Waals surface area contributed by atoms with Gasteiger partial charge in [0, 0.05) is 11.1 Å². The zero-order chi connectivity index (χ0) is 28.0. The Kier molecular flexibility index (Phi) is 7.36. The first kappa shape index (κ1) is 28.4. The first-order valence-electron chi connectivity index (χ1n) is 9.53. The van der Waals surface area contributed by atoms with Crippen LogP contribution in [0.5, 0.6) is 5.75 Å². The summed E-state index contributed by atoms with van der Waals surface area (Å²) in [6, 6.07) is 6.87. The van der Waals surface area contributed by atoms with Crippen LogP contribution >= 0.6 is 0 Å². The number of phenols is 1. The van der Waals surface area contributed by atoms with E-state index in [1.807, 2.05) is 0 Å². The van der Waals surface area contributed by atoms with Crippen LogP contribution in [-0.4, -0.2) is 63.9 Å². The lowest BCUT2D eigenvalue weighted by atomic mass is 10.1. The summed E-state index contributed by atoms with van der Waals surface area (Å²) >= 11 is 0. The molecular formula is C18H17N3O12S4. The van der Waals surface area contributed by atoms with E-state index in [0.29, 0.717) is 6.07 Å². The van der Waals surface area contributed by atoms with Crippen LogP contribution in [0.3, 0.4) is 0 Å². The minimum atomic E-state index is -5.18. The third kappa shape index (κ3) is 6.57. The van der Waals surface area contributed by atoms with Crippen molar-refractivity contribution in [1.82, 2.24) is 0 Å². The highest BCUT2D eigenvalue weighted by molar-refractivity contribution is 7.93. The lowest BCUT2D eigenvalue weighted by Gasteiger charge is -2.10. The van der Waals surface area contributed by atoms with E-state index in [9.17, 15) is 47.9 Å². The Morgan fingerprint density at radius 2 is 1.35 bits per heavy atom. The molecule has 0 fully saturated rings. The molecule has 3 aromatic carbocycles. The van der Waals surface area contributed by atoms with Crippen molar-refractivity contribution in [3.05, 3.63) is 42.5 Å². The maximum Gasteiger partial charge on any atom is 0.296 e. The molecule has 3 rings (SSSR count). The van der Waals surface area contributed by atoms with Crippen LogP contribution in [0.25, 0.3) is 10.8 Å². The van der Waals surface area contributed by atoms with Gasteiger partial charge in [-0.25, -0.2) is 8.42 Å². The molecule has 0 bridgehead atoms. The van der Waals surface area contributed by atoms with Crippen LogP contribution in [-0.2, 0) is 40.2 Å². The van der Waals surface area contributed by atoms with Crippen molar-refractivity contribution in [2.45, 2.75) is 14.7 Å². The van der Waals surface area contributed by atoms with Gasteiger partial charge < -0.3 is 10.8 Å². The summed E-state index contributed by atoms with van der Waals surface area (Å²) in [6.07, 6.45) is 0. The van der Waals surface area contributed by atoms with Gasteiger partial charge in [-0.3, -0.25) is 13.7 Å². The summed E-state index contributed by atoms with van der Waals surface area (Å²) in [7, 11) is -19.3. The number of benzene rings is 3. The van der Waals surface area contributed by atoms with E-state index in [1.54, 1.807) is 0 Å². The number of fused-ring (bicyclic) bond motifs is 1. The highest BCUT2D eigenvalue weighted by atomic mass is 32.2. The maximum atomic E-state index is 12.4. The molecule has 0 aliphatic rings. The molecule has 0 atom stereocenters. The molecular weight excluding hydrogens is 578 g/mol. The van der Waals surface area contributed by atoms with Crippen LogP contribution in [0.15, 0.2) is 67.4 Å². The van der Waals surface area contributed by atoms with Crippen LogP contribution in [0, 0.1) is 0 Å². The third-order valence-corrected chi connectivity index (χ3v) is 9.23. The van der Waals surface area contributed by atoms with Crippen LogP contribution in [0.4, 0.5) is 17.1 Å². The minimum absolute atomic E-state index is 0.0332. The van der Waals surface area contributed by atoms with Crippen molar-refractivity contribution in [3.8, 4) is 5.75 Å². The second-order valence-corrected chi connectivity index (χ2v) is 13.9. The van der Waals surface area contributed by atoms with Gasteiger partial charge in [-0.1, -0.05) is 0 Å². The quantitative estimate of drug-likeness (QED) is 0.141. The molecule has 0 unspecified atom stereocenters. The number of nitrogens with two attached hydrogens (primary N) is 1. The number of phenolic OH excluding ortho intramolecular Hbond substituents is 1. The fourth-order valence-corrected chi connectivity index (χ4v) is 6.99. The van der Waals surface area contributed by atoms with Crippen LogP contribution in [0.1, 0.15) is 0 Å². The first-order chi connectivity index (χ1) is 16.8. The van der Waals surface area contributed by atoms with E-state index < -0.39 is 83.5 Å². The highest BCUT2D eigenvalue weighted by Crippen LogP contribution is 2.42. The zero-order valence-electron chi connectivity index (χ0n) is 18.1. The van der Waals surface area contributed by atoms with Crippen molar-refractivity contribution < 1.29 is 52.4 Å². The van der Waals surface area contributed by atoms with Crippen molar-refractivity contribution in [1.29, 1.82) is 0 Å². The Morgan fingerprint density at radius 3 is 1.92 bits per heavy atom. The average molecular weight is 596 g/mol. The normalized spacial score (nSPS) is 13.4. The Morgan fingerprint density at radius 1 is 0.730 bits per heavy atom. The molecule has 0 spiro atoms. The molecule has 37 heavy (non-hydrogen) atoms. The Hall–Kier alpha value is -3.20. The van der Waals surface area contributed by atoms with Gasteiger partial charge in [0.1, 0.15) is 21.2 Å². The van der Waals surface area contributed by atoms with Crippen LogP contribution in [0.2, 0.25) is 0 Å². The summed E-state index contributed by atoms with van der Waals surface area (Å²) < 4.78 is 122. The second-order valence-electron chi connectivity index (χ2n) is 7.44. The molecule has 0 aliphatic carbocycles. The Bertz CT molecular complexity index is 1880. The number of aromatic hydroxyl groups is 1. The van der Waals surface area contributed by atoms with Crippen molar-refractivity contribution in [2.75, 3.05) is 17.2 Å². The molecule has 3 aromatic rings. The molecule has 0 aromatic heterocycles. The van der Waals surface area contributed by atoms with E-state index >= 15 is 0 Å². The molecule has 19 heteroatoms. The average Bonchev–Trinajstić information content (AvgIpc) is 2.75. The molecule has 0 heterocycles. The smallest absolute Gasteiger partial charge is 0.296 e. The summed E-state index contributed by atoms with van der Waals surface area (Å²) in [5.74, 6) is -3.10. The van der Waals surface area contributed by atoms with Gasteiger partial charge in [-0.2, -0.15) is 25.3 Å². The number of anilines is 1. The molecule has 0 saturated carbocycles. The van der Waals surface area contributed by atoms with Crippen molar-refractivity contribution in [3.63, 3.8) is 0 Å². The molecule has 0 aliphatic heterocycles. The minimum Gasteiger partial charge on any atom is -0.505 e. The van der Waals surface area contributed by atoms with E-state index in [1.165, 1.54) is 18.2 Å². The number of rotatable bonds is 8. The molecule has 15 nitrogen and oxygen atoms in total. The number of hydrogen-bond acceptors (Lipinski definition) is 12. The van der Waals surface area contributed by atoms with Gasteiger partial charge in [0.05, 0.1) is 16.4 Å². The summed E-state index contributed by atoms with van der Waals surface area (Å²) in [4.78, 5) is -2.80. The van der Waals surface area contributed by atoms with Gasteiger partial charge in [-0.05, 0) is 47.9 Å². The fourth-order valence-electron chi connectivity index (χ4n) is 3.08. The van der Waals surface area contributed by atoms with Gasteiger partial charge >= 0.3 is 0 Å². The summed E-state index contributed by atoms with van der Waals surface area (Å²) in [5.41, 5.74) is 4.32. The predicted molar refractivity (Wildman–Crippen MR) is 129 cm³/mol. The lowest BCUT2D eigenvalue weighted by Crippen LogP contribution is -2.17. The van der Waals surface area contributed by atoms with Gasteiger partial charge in [0.25, 0.3) is 30.4 Å². The third-order valence-electron chi connectivity index (χ3n) is 4.79. The van der Waals surface area contributed by atoms with E-state index in [4.69, 9.17) is 10.3 Å². The van der Waals surface area contributed by atoms with E-state index in [-0.39, 0.29) is 16.5 Å². The number of nitrogen functional groups attached to an aromatic ring is 1. The zero-order valence-corrected chi connectivity index (χ0v) is 21.4. The summed E-state index contributed by atoms with van der Waals surface area (Å²) in [5, 5.41) is 17.7. The number of sulfone groups is 1. The lowest BCUT2D eigenvalue weighted by molar-refractivity contribution is 0.472. The topological polar surface area (TPSA) is 268 Å². The van der Waals surface area contributed by atoms with E-state index in [0.717, 1.165) is 18.2 Å². The predicted octanol–water partition coefficient (Wildman–Crippen LogP) is 1.70. The molecule has 0 saturated heterocycles. The number of hydrogen-bond donors (Lipinski definition) is 5. The van der Waals surface area contributed by atoms with Crippen molar-refractivity contribution >= 4 is 68.0 Å². The molecule has 6 N–H and O–H groups in total. The Labute approximate surface area is 210 Å². The Balaban J connectivity index is 2.20. The number of azo groups is 1. The van der Waals surface area contributed by atoms with E-state index in [2.05, 4.69) is 10.2 Å². The monoisotopic (exact) mass is 595 g/mol. The van der Waals surface area contributed by atoms with Gasteiger partial charge in [-0.15, -0.1) is 10.2 Å². The van der Waals surface area contributed by atoms with Crippen molar-refractivity contribution in [2.24, 2.45) is 10.2 Å². The summed E-state index contributed by atoms with van der Waals surface area (Å²) in [6.45, 7) is 0. The SMILES string of the molecule is Nc1ccc2c(O)c(N=Nc3ccc(S(=O)(=O)CCS(=O)(=O)O)cc3S(=O)(=O)O)c(S(=O)(=O)O)cc2c1. The largest absolute Gasteiger partial charge is 0.505 e.